The number of thioether (sulfide) groups is 1. The van der Waals surface area contributed by atoms with Crippen LogP contribution >= 0.6 is 11.8 Å². The Kier molecular flexibility index (Phi) is 3.57. The predicted octanol–water partition coefficient (Wildman–Crippen LogP) is 2.04. The third-order valence-corrected chi connectivity index (χ3v) is 2.81. The Morgan fingerprint density at radius 3 is 2.50 bits per heavy atom. The molecule has 1 aliphatic heterocycles. The molecule has 0 unspecified atom stereocenters. The quantitative estimate of drug-likeness (QED) is 0.606. The van der Waals surface area contributed by atoms with Gasteiger partial charge >= 0.3 is 0 Å². The van der Waals surface area contributed by atoms with Gasteiger partial charge < -0.3 is 0 Å². The molecule has 1 aliphatic rings. The summed E-state index contributed by atoms with van der Waals surface area (Å²) in [6, 6.07) is 0. The standard InChI is InChI=1S/C8H17NS/c1-8-3-5-9(6-4-8)7-10-2/h8H,3-7H2,1-2H3. The second kappa shape index (κ2) is 4.24. The Morgan fingerprint density at radius 2 is 2.00 bits per heavy atom. The molecule has 1 saturated heterocycles. The smallest absolute Gasteiger partial charge is 0.0441 e. The fourth-order valence-corrected chi connectivity index (χ4v) is 2.00. The summed E-state index contributed by atoms with van der Waals surface area (Å²) < 4.78 is 0. The van der Waals surface area contributed by atoms with Crippen LogP contribution in [0.3, 0.4) is 0 Å². The van der Waals surface area contributed by atoms with Crippen molar-refractivity contribution in [1.29, 1.82) is 0 Å². The zero-order chi connectivity index (χ0) is 7.40. The van der Waals surface area contributed by atoms with Crippen molar-refractivity contribution in [2.24, 2.45) is 5.92 Å². The van der Waals surface area contributed by atoms with Crippen molar-refractivity contribution in [2.45, 2.75) is 19.8 Å². The summed E-state index contributed by atoms with van der Waals surface area (Å²) >= 11 is 1.94. The molecular weight excluding hydrogens is 142 g/mol. The molecule has 0 aromatic carbocycles. The van der Waals surface area contributed by atoms with Crippen molar-refractivity contribution in [3.63, 3.8) is 0 Å². The number of hydrogen-bond donors (Lipinski definition) is 0. The molecule has 2 heteroatoms. The summed E-state index contributed by atoms with van der Waals surface area (Å²) in [6.07, 6.45) is 4.99. The van der Waals surface area contributed by atoms with Gasteiger partial charge in [-0.05, 0) is 38.1 Å². The van der Waals surface area contributed by atoms with Gasteiger partial charge in [0, 0.05) is 5.88 Å². The lowest BCUT2D eigenvalue weighted by molar-refractivity contribution is 0.222. The van der Waals surface area contributed by atoms with Gasteiger partial charge in [0.2, 0.25) is 0 Å². The Labute approximate surface area is 68.2 Å². The molecular formula is C8H17NS. The molecule has 0 aromatic rings. The lowest BCUT2D eigenvalue weighted by atomic mass is 10.00. The van der Waals surface area contributed by atoms with Crippen molar-refractivity contribution in [3.8, 4) is 0 Å². The fraction of sp³-hybridized carbons (Fsp3) is 1.00. The van der Waals surface area contributed by atoms with E-state index in [1.165, 1.54) is 31.8 Å². The first kappa shape index (κ1) is 8.41. The van der Waals surface area contributed by atoms with E-state index in [4.69, 9.17) is 0 Å². The van der Waals surface area contributed by atoms with Crippen LogP contribution in [0.4, 0.5) is 0 Å². The van der Waals surface area contributed by atoms with E-state index >= 15 is 0 Å². The molecule has 0 atom stereocenters. The van der Waals surface area contributed by atoms with E-state index in [0.717, 1.165) is 5.92 Å². The third-order valence-electron chi connectivity index (χ3n) is 2.19. The SMILES string of the molecule is CSCN1CCC(C)CC1. The largest absolute Gasteiger partial charge is 0.294 e. The minimum atomic E-state index is 0.970. The van der Waals surface area contributed by atoms with E-state index in [2.05, 4.69) is 18.1 Å². The van der Waals surface area contributed by atoms with Gasteiger partial charge in [0.05, 0.1) is 0 Å². The summed E-state index contributed by atoms with van der Waals surface area (Å²) in [5.74, 6) is 2.20. The van der Waals surface area contributed by atoms with Crippen LogP contribution < -0.4 is 0 Å². The number of likely N-dealkylation sites (tertiary alicyclic amines) is 1. The van der Waals surface area contributed by atoms with Gasteiger partial charge in [-0.3, -0.25) is 4.90 Å². The number of nitrogens with zero attached hydrogens (tertiary/aromatic N) is 1. The van der Waals surface area contributed by atoms with Crippen molar-refractivity contribution < 1.29 is 0 Å². The molecule has 1 rings (SSSR count). The van der Waals surface area contributed by atoms with Crippen molar-refractivity contribution >= 4 is 11.8 Å². The van der Waals surface area contributed by atoms with Gasteiger partial charge in [-0.2, -0.15) is 0 Å². The minimum Gasteiger partial charge on any atom is -0.294 e. The second-order valence-corrected chi connectivity index (χ2v) is 4.05. The fourth-order valence-electron chi connectivity index (χ4n) is 1.37. The van der Waals surface area contributed by atoms with E-state index in [9.17, 15) is 0 Å². The molecule has 0 aliphatic carbocycles. The molecule has 1 fully saturated rings. The van der Waals surface area contributed by atoms with Crippen LogP contribution in [0.5, 0.6) is 0 Å². The topological polar surface area (TPSA) is 3.24 Å². The van der Waals surface area contributed by atoms with Crippen LogP contribution in [0.15, 0.2) is 0 Å². The summed E-state index contributed by atoms with van der Waals surface area (Å²) in [4.78, 5) is 2.55. The summed E-state index contributed by atoms with van der Waals surface area (Å²) in [5.41, 5.74) is 0. The van der Waals surface area contributed by atoms with E-state index in [-0.39, 0.29) is 0 Å². The summed E-state index contributed by atoms with van der Waals surface area (Å²) in [6.45, 7) is 5.00. The van der Waals surface area contributed by atoms with Crippen LogP contribution in [-0.4, -0.2) is 30.1 Å². The van der Waals surface area contributed by atoms with Gasteiger partial charge in [-0.1, -0.05) is 6.92 Å². The maximum Gasteiger partial charge on any atom is 0.0441 e. The summed E-state index contributed by atoms with van der Waals surface area (Å²) in [7, 11) is 0. The van der Waals surface area contributed by atoms with Gasteiger partial charge in [0.25, 0.3) is 0 Å². The van der Waals surface area contributed by atoms with Crippen molar-refractivity contribution in [2.75, 3.05) is 25.2 Å². The van der Waals surface area contributed by atoms with Crippen LogP contribution in [0, 0.1) is 5.92 Å². The minimum absolute atomic E-state index is 0.970. The molecule has 0 radical (unpaired) electrons. The molecule has 1 heterocycles. The summed E-state index contributed by atoms with van der Waals surface area (Å²) in [5, 5.41) is 0. The average molecular weight is 159 g/mol. The molecule has 0 bridgehead atoms. The van der Waals surface area contributed by atoms with Crippen LogP contribution in [-0.2, 0) is 0 Å². The van der Waals surface area contributed by atoms with E-state index in [1.54, 1.807) is 0 Å². The number of rotatable bonds is 2. The monoisotopic (exact) mass is 159 g/mol. The van der Waals surface area contributed by atoms with E-state index in [1.807, 2.05) is 11.8 Å². The van der Waals surface area contributed by atoms with Crippen LogP contribution in [0.25, 0.3) is 0 Å². The normalized spacial score (nSPS) is 23.4. The maximum atomic E-state index is 2.55. The lowest BCUT2D eigenvalue weighted by Gasteiger charge is -2.29. The molecule has 0 saturated carbocycles. The highest BCUT2D eigenvalue weighted by molar-refractivity contribution is 7.98. The average Bonchev–Trinajstić information content (AvgIpc) is 1.95. The molecule has 0 aromatic heterocycles. The molecule has 10 heavy (non-hydrogen) atoms. The van der Waals surface area contributed by atoms with Gasteiger partial charge in [0.15, 0.2) is 0 Å². The Morgan fingerprint density at radius 1 is 1.40 bits per heavy atom. The predicted molar refractivity (Wildman–Crippen MR) is 48.4 cm³/mol. The highest BCUT2D eigenvalue weighted by Gasteiger charge is 2.13. The molecule has 0 amide bonds. The first-order valence-electron chi connectivity index (χ1n) is 4.04. The molecule has 60 valence electrons. The van der Waals surface area contributed by atoms with E-state index in [0.29, 0.717) is 0 Å². The van der Waals surface area contributed by atoms with Gasteiger partial charge in [-0.25, -0.2) is 0 Å². The zero-order valence-electron chi connectivity index (χ0n) is 6.97. The highest BCUT2D eigenvalue weighted by atomic mass is 32.2. The van der Waals surface area contributed by atoms with Crippen molar-refractivity contribution in [1.82, 2.24) is 4.90 Å². The third kappa shape index (κ3) is 2.51. The second-order valence-electron chi connectivity index (χ2n) is 3.22. The van der Waals surface area contributed by atoms with Crippen LogP contribution in [0.1, 0.15) is 19.8 Å². The first-order valence-corrected chi connectivity index (χ1v) is 5.43. The molecule has 0 N–H and O–H groups in total. The Hall–Kier alpha value is 0.310. The highest BCUT2D eigenvalue weighted by Crippen LogP contribution is 2.16. The van der Waals surface area contributed by atoms with Gasteiger partial charge in [0.1, 0.15) is 0 Å². The van der Waals surface area contributed by atoms with E-state index < -0.39 is 0 Å². The zero-order valence-corrected chi connectivity index (χ0v) is 7.78. The number of hydrogen-bond acceptors (Lipinski definition) is 2. The molecule has 1 nitrogen and oxygen atoms in total. The maximum absolute atomic E-state index is 2.55. The molecule has 0 spiro atoms. The van der Waals surface area contributed by atoms with Gasteiger partial charge in [-0.15, -0.1) is 11.8 Å². The lowest BCUT2D eigenvalue weighted by Crippen LogP contribution is -2.32. The Balaban J connectivity index is 2.13. The Bertz CT molecular complexity index is 87.3. The number of piperidine rings is 1. The van der Waals surface area contributed by atoms with Crippen LogP contribution in [0.2, 0.25) is 0 Å². The van der Waals surface area contributed by atoms with Crippen molar-refractivity contribution in [3.05, 3.63) is 0 Å². The first-order chi connectivity index (χ1) is 4.83.